The highest BCUT2D eigenvalue weighted by Crippen LogP contribution is 2.49. The molecule has 2 heterocycles. The third-order valence-electron chi connectivity index (χ3n) is 5.43. The Kier molecular flexibility index (Phi) is 5.62. The predicted molar refractivity (Wildman–Crippen MR) is 118 cm³/mol. The largest absolute Gasteiger partial charge is 0.504 e. The van der Waals surface area contributed by atoms with E-state index in [1.54, 1.807) is 24.3 Å². The molecule has 0 radical (unpaired) electrons. The summed E-state index contributed by atoms with van der Waals surface area (Å²) in [5.74, 6) is 1.11. The van der Waals surface area contributed by atoms with Crippen LogP contribution in [0, 0.1) is 11.3 Å². The molecule has 1 atom stereocenters. The molecule has 4 rings (SSSR count). The number of benzene rings is 2. The van der Waals surface area contributed by atoms with Gasteiger partial charge < -0.3 is 34.5 Å². The maximum Gasteiger partial charge on any atom is 0.244 e. The van der Waals surface area contributed by atoms with Gasteiger partial charge in [0.05, 0.1) is 45.6 Å². The number of hydrogen-bond donors (Lipinski definition) is 3. The highest BCUT2D eigenvalue weighted by molar-refractivity contribution is 5.75. The SMILES string of the molecule is COc1cc(C2C(C#N)=C(N)Oc3n[nH]c(-c4cc(OC)c(OC)c(OC)c4)c32)ccc1O. The van der Waals surface area contributed by atoms with Crippen LogP contribution < -0.4 is 29.4 Å². The molecule has 4 N–H and O–H groups in total. The third kappa shape index (κ3) is 3.49. The van der Waals surface area contributed by atoms with E-state index in [1.165, 1.54) is 34.5 Å². The molecule has 0 fully saturated rings. The molecule has 1 unspecified atom stereocenters. The van der Waals surface area contributed by atoms with Crippen LogP contribution in [0.4, 0.5) is 0 Å². The van der Waals surface area contributed by atoms with Gasteiger partial charge in [-0.05, 0) is 29.8 Å². The van der Waals surface area contributed by atoms with Crippen LogP contribution in [-0.2, 0) is 0 Å². The number of allylic oxidation sites excluding steroid dienone is 1. The minimum atomic E-state index is -0.638. The summed E-state index contributed by atoms with van der Waals surface area (Å²) in [5, 5.41) is 27.2. The van der Waals surface area contributed by atoms with Gasteiger partial charge in [0.1, 0.15) is 11.6 Å². The van der Waals surface area contributed by atoms with E-state index < -0.39 is 5.92 Å². The number of hydrogen-bond acceptors (Lipinski definition) is 9. The molecule has 3 aromatic rings. The first kappa shape index (κ1) is 21.7. The number of methoxy groups -OCH3 is 4. The minimum Gasteiger partial charge on any atom is -0.504 e. The predicted octanol–water partition coefficient (Wildman–Crippen LogP) is 3.03. The number of H-pyrrole nitrogens is 1. The van der Waals surface area contributed by atoms with Crippen molar-refractivity contribution in [3.8, 4) is 52.0 Å². The van der Waals surface area contributed by atoms with E-state index in [4.69, 9.17) is 29.4 Å². The molecule has 1 aliphatic rings. The van der Waals surface area contributed by atoms with E-state index >= 15 is 0 Å². The van der Waals surface area contributed by atoms with Crippen molar-refractivity contribution in [3.63, 3.8) is 0 Å². The van der Waals surface area contributed by atoms with E-state index in [2.05, 4.69) is 16.3 Å². The van der Waals surface area contributed by atoms with Gasteiger partial charge in [-0.1, -0.05) is 6.07 Å². The highest BCUT2D eigenvalue weighted by Gasteiger charge is 2.36. The van der Waals surface area contributed by atoms with Gasteiger partial charge in [-0.2, -0.15) is 5.26 Å². The number of nitriles is 1. The molecule has 0 amide bonds. The first-order chi connectivity index (χ1) is 16.0. The number of aromatic amines is 1. The number of aromatic nitrogens is 2. The molecule has 0 saturated carbocycles. The van der Waals surface area contributed by atoms with Crippen molar-refractivity contribution >= 4 is 0 Å². The zero-order valence-corrected chi connectivity index (χ0v) is 18.4. The van der Waals surface area contributed by atoms with E-state index in [0.29, 0.717) is 39.6 Å². The van der Waals surface area contributed by atoms with Crippen molar-refractivity contribution in [3.05, 3.63) is 52.9 Å². The van der Waals surface area contributed by atoms with Crippen LogP contribution in [-0.4, -0.2) is 43.7 Å². The summed E-state index contributed by atoms with van der Waals surface area (Å²) in [5.41, 5.74) is 8.73. The Morgan fingerprint density at radius 1 is 1.03 bits per heavy atom. The van der Waals surface area contributed by atoms with Crippen LogP contribution in [0.1, 0.15) is 17.0 Å². The molecule has 10 nitrogen and oxygen atoms in total. The fourth-order valence-electron chi connectivity index (χ4n) is 3.90. The van der Waals surface area contributed by atoms with Crippen molar-refractivity contribution < 1.29 is 28.8 Å². The smallest absolute Gasteiger partial charge is 0.244 e. The molecule has 10 heteroatoms. The normalized spacial score (nSPS) is 14.7. The molecule has 0 bridgehead atoms. The average Bonchev–Trinajstić information content (AvgIpc) is 3.25. The number of nitrogens with zero attached hydrogens (tertiary/aromatic N) is 2. The quantitative estimate of drug-likeness (QED) is 0.516. The summed E-state index contributed by atoms with van der Waals surface area (Å²) < 4.78 is 27.3. The Hall–Kier alpha value is -4.52. The monoisotopic (exact) mass is 450 g/mol. The first-order valence-corrected chi connectivity index (χ1v) is 9.80. The van der Waals surface area contributed by atoms with Gasteiger partial charge >= 0.3 is 0 Å². The molecule has 1 aromatic heterocycles. The zero-order chi connectivity index (χ0) is 23.7. The Balaban J connectivity index is 1.97. The van der Waals surface area contributed by atoms with Crippen LogP contribution in [0.25, 0.3) is 11.3 Å². The summed E-state index contributed by atoms with van der Waals surface area (Å²) in [6.45, 7) is 0. The van der Waals surface area contributed by atoms with Crippen molar-refractivity contribution in [2.45, 2.75) is 5.92 Å². The first-order valence-electron chi connectivity index (χ1n) is 9.80. The van der Waals surface area contributed by atoms with Gasteiger partial charge in [-0.25, -0.2) is 0 Å². The standard InChI is InChI=1S/C23H22N4O6/c1-29-15-7-11(5-6-14(15)28)18-13(10-24)22(25)33-23-19(18)20(26-27-23)12-8-16(30-2)21(32-4)17(9-12)31-3/h5-9,18,28H,25H2,1-4H3,(H,26,27). The maximum absolute atomic E-state index is 10.1. The van der Waals surface area contributed by atoms with Gasteiger partial charge in [0.15, 0.2) is 23.0 Å². The Morgan fingerprint density at radius 3 is 2.27 bits per heavy atom. The van der Waals surface area contributed by atoms with Gasteiger partial charge in [0.2, 0.25) is 17.5 Å². The number of fused-ring (bicyclic) bond motifs is 1. The summed E-state index contributed by atoms with van der Waals surface area (Å²) in [4.78, 5) is 0. The fraction of sp³-hybridized carbons (Fsp3) is 0.217. The van der Waals surface area contributed by atoms with Gasteiger partial charge in [-0.15, -0.1) is 5.10 Å². The molecule has 0 spiro atoms. The van der Waals surface area contributed by atoms with Crippen LogP contribution >= 0.6 is 0 Å². The van der Waals surface area contributed by atoms with E-state index in [9.17, 15) is 10.4 Å². The van der Waals surface area contributed by atoms with Crippen LogP contribution in [0.3, 0.4) is 0 Å². The molecule has 0 saturated heterocycles. The Labute approximate surface area is 189 Å². The van der Waals surface area contributed by atoms with Crippen LogP contribution in [0.5, 0.6) is 34.6 Å². The second-order valence-electron chi connectivity index (χ2n) is 7.09. The van der Waals surface area contributed by atoms with E-state index in [1.807, 2.05) is 0 Å². The Bertz CT molecular complexity index is 1270. The average molecular weight is 450 g/mol. The topological polar surface area (TPSA) is 145 Å². The molecular weight excluding hydrogens is 428 g/mol. The highest BCUT2D eigenvalue weighted by atomic mass is 16.5. The maximum atomic E-state index is 10.1. The van der Waals surface area contributed by atoms with Gasteiger partial charge in [0.25, 0.3) is 0 Å². The lowest BCUT2D eigenvalue weighted by Crippen LogP contribution is -2.21. The summed E-state index contributed by atoms with van der Waals surface area (Å²) >= 11 is 0. The van der Waals surface area contributed by atoms with Crippen molar-refractivity contribution in [1.29, 1.82) is 5.26 Å². The molecule has 2 aromatic carbocycles. The van der Waals surface area contributed by atoms with Crippen molar-refractivity contribution in [2.24, 2.45) is 5.73 Å². The lowest BCUT2D eigenvalue weighted by Gasteiger charge is -2.24. The molecular formula is C23H22N4O6. The number of phenols is 1. The lowest BCUT2D eigenvalue weighted by atomic mass is 9.83. The second-order valence-corrected chi connectivity index (χ2v) is 7.09. The summed E-state index contributed by atoms with van der Waals surface area (Å²) in [7, 11) is 6.01. The molecule has 1 aliphatic heterocycles. The summed E-state index contributed by atoms with van der Waals surface area (Å²) in [6, 6.07) is 10.5. The number of rotatable bonds is 6. The van der Waals surface area contributed by atoms with Crippen LogP contribution in [0.2, 0.25) is 0 Å². The summed E-state index contributed by atoms with van der Waals surface area (Å²) in [6.07, 6.45) is 0. The van der Waals surface area contributed by atoms with E-state index in [-0.39, 0.29) is 28.8 Å². The molecule has 170 valence electrons. The van der Waals surface area contributed by atoms with Crippen molar-refractivity contribution in [1.82, 2.24) is 10.2 Å². The molecule has 33 heavy (non-hydrogen) atoms. The number of ether oxygens (including phenoxy) is 5. The number of phenolic OH excluding ortho intramolecular Hbond substituents is 1. The third-order valence-corrected chi connectivity index (χ3v) is 5.43. The lowest BCUT2D eigenvalue weighted by molar-refractivity contribution is 0.324. The second kappa shape index (κ2) is 8.55. The van der Waals surface area contributed by atoms with Crippen molar-refractivity contribution in [2.75, 3.05) is 28.4 Å². The minimum absolute atomic E-state index is 0.0268. The van der Waals surface area contributed by atoms with Gasteiger partial charge in [-0.3, -0.25) is 5.10 Å². The number of nitrogens with one attached hydrogen (secondary N) is 1. The zero-order valence-electron chi connectivity index (χ0n) is 18.4. The van der Waals surface area contributed by atoms with Gasteiger partial charge in [0, 0.05) is 5.56 Å². The number of aromatic hydroxyl groups is 1. The van der Waals surface area contributed by atoms with Crippen LogP contribution in [0.15, 0.2) is 41.8 Å². The number of nitrogens with two attached hydrogens (primary N) is 1. The van der Waals surface area contributed by atoms with E-state index in [0.717, 1.165) is 0 Å². The Morgan fingerprint density at radius 2 is 1.70 bits per heavy atom. The fourth-order valence-corrected chi connectivity index (χ4v) is 3.90. The molecule has 0 aliphatic carbocycles.